The van der Waals surface area contributed by atoms with E-state index >= 15 is 0 Å². The average molecular weight is 260 g/mol. The summed E-state index contributed by atoms with van der Waals surface area (Å²) in [6.45, 7) is 3.66. The van der Waals surface area contributed by atoms with Gasteiger partial charge in [-0.1, -0.05) is 6.08 Å². The van der Waals surface area contributed by atoms with Crippen LogP contribution in [0.2, 0.25) is 0 Å². The molecule has 0 fully saturated rings. The van der Waals surface area contributed by atoms with Gasteiger partial charge in [0.05, 0.1) is 0 Å². The smallest absolute Gasteiger partial charge is 0.159 e. The van der Waals surface area contributed by atoms with Crippen molar-refractivity contribution >= 4 is 0 Å². The normalized spacial score (nSPS) is 10.4. The van der Waals surface area contributed by atoms with Crippen LogP contribution >= 0.6 is 0 Å². The van der Waals surface area contributed by atoms with Crippen LogP contribution in [0.1, 0.15) is 18.4 Å². The van der Waals surface area contributed by atoms with Crippen molar-refractivity contribution in [2.75, 3.05) is 0 Å². The Morgan fingerprint density at radius 1 is 1.11 bits per heavy atom. The summed E-state index contributed by atoms with van der Waals surface area (Å²) in [5.41, 5.74) is 1.49. The summed E-state index contributed by atoms with van der Waals surface area (Å²) in [5, 5.41) is 0. The molecule has 0 atom stereocenters. The third-order valence-corrected chi connectivity index (χ3v) is 2.76. The highest BCUT2D eigenvalue weighted by Crippen LogP contribution is 2.17. The van der Waals surface area contributed by atoms with Crippen LogP contribution in [0.4, 0.5) is 8.78 Å². The Balaban J connectivity index is 2.13. The van der Waals surface area contributed by atoms with E-state index in [-0.39, 0.29) is 0 Å². The average Bonchev–Trinajstić information content (AvgIpc) is 2.43. The molecule has 0 unspecified atom stereocenters. The van der Waals surface area contributed by atoms with E-state index in [9.17, 15) is 8.78 Å². The lowest BCUT2D eigenvalue weighted by Gasteiger charge is -2.03. The topological polar surface area (TPSA) is 25.8 Å². The van der Waals surface area contributed by atoms with E-state index in [0.717, 1.165) is 37.0 Å². The van der Waals surface area contributed by atoms with Gasteiger partial charge in [-0.2, -0.15) is 0 Å². The first-order valence-electron chi connectivity index (χ1n) is 6.08. The summed E-state index contributed by atoms with van der Waals surface area (Å²) < 4.78 is 25.9. The second-order valence-corrected chi connectivity index (χ2v) is 4.22. The van der Waals surface area contributed by atoms with E-state index < -0.39 is 11.6 Å². The van der Waals surface area contributed by atoms with E-state index in [1.165, 1.54) is 6.07 Å². The molecular formula is C15H14F2N2. The highest BCUT2D eigenvalue weighted by Gasteiger charge is 2.06. The number of halogens is 2. The first-order valence-corrected chi connectivity index (χ1v) is 6.08. The summed E-state index contributed by atoms with van der Waals surface area (Å²) in [4.78, 5) is 8.34. The van der Waals surface area contributed by atoms with Gasteiger partial charge in [0.15, 0.2) is 17.5 Å². The number of hydrogen-bond donors (Lipinski definition) is 0. The molecule has 1 aromatic heterocycles. The number of nitrogens with zero attached hydrogens (tertiary/aromatic N) is 2. The Morgan fingerprint density at radius 3 is 2.47 bits per heavy atom. The fourth-order valence-electron chi connectivity index (χ4n) is 1.72. The zero-order valence-corrected chi connectivity index (χ0v) is 10.4. The summed E-state index contributed by atoms with van der Waals surface area (Å²) in [6, 6.07) is 3.64. The molecule has 0 aliphatic heterocycles. The van der Waals surface area contributed by atoms with E-state index in [4.69, 9.17) is 0 Å². The first kappa shape index (κ1) is 13.3. The van der Waals surface area contributed by atoms with Crippen LogP contribution in [0.15, 0.2) is 43.2 Å². The van der Waals surface area contributed by atoms with Crippen molar-refractivity contribution in [3.8, 4) is 11.4 Å². The van der Waals surface area contributed by atoms with Crippen molar-refractivity contribution in [3.05, 3.63) is 60.4 Å². The molecule has 0 aliphatic rings. The Kier molecular flexibility index (Phi) is 4.34. The van der Waals surface area contributed by atoms with E-state index in [1.54, 1.807) is 12.4 Å². The van der Waals surface area contributed by atoms with Crippen LogP contribution in [-0.4, -0.2) is 9.97 Å². The van der Waals surface area contributed by atoms with Gasteiger partial charge in [0, 0.05) is 18.0 Å². The van der Waals surface area contributed by atoms with E-state index in [1.807, 2.05) is 6.08 Å². The number of unbranched alkanes of at least 4 members (excludes halogenated alkanes) is 1. The summed E-state index contributed by atoms with van der Waals surface area (Å²) in [5.74, 6) is -1.37. The van der Waals surface area contributed by atoms with Gasteiger partial charge in [-0.05, 0) is 43.0 Å². The van der Waals surface area contributed by atoms with Crippen molar-refractivity contribution in [2.24, 2.45) is 0 Å². The largest absolute Gasteiger partial charge is 0.236 e. The van der Waals surface area contributed by atoms with Crippen LogP contribution < -0.4 is 0 Å². The number of allylic oxidation sites excluding steroid dienone is 1. The molecule has 2 nitrogen and oxygen atoms in total. The molecule has 19 heavy (non-hydrogen) atoms. The molecule has 0 spiro atoms. The zero-order chi connectivity index (χ0) is 13.7. The number of aryl methyl sites for hydroxylation is 1. The maximum atomic E-state index is 13.1. The number of benzene rings is 1. The van der Waals surface area contributed by atoms with Crippen LogP contribution in [0, 0.1) is 11.6 Å². The van der Waals surface area contributed by atoms with Crippen LogP contribution in [-0.2, 0) is 6.42 Å². The molecule has 0 amide bonds. The fourth-order valence-corrected chi connectivity index (χ4v) is 1.72. The van der Waals surface area contributed by atoms with E-state index in [2.05, 4.69) is 16.5 Å². The molecule has 1 aromatic carbocycles. The quantitative estimate of drug-likeness (QED) is 0.601. The van der Waals surface area contributed by atoms with Crippen LogP contribution in [0.5, 0.6) is 0 Å². The van der Waals surface area contributed by atoms with Crippen molar-refractivity contribution < 1.29 is 8.78 Å². The lowest BCUT2D eigenvalue weighted by molar-refractivity contribution is 0.509. The van der Waals surface area contributed by atoms with Crippen LogP contribution in [0.25, 0.3) is 11.4 Å². The van der Waals surface area contributed by atoms with Gasteiger partial charge in [-0.25, -0.2) is 18.7 Å². The first-order chi connectivity index (χ1) is 9.20. The van der Waals surface area contributed by atoms with Gasteiger partial charge >= 0.3 is 0 Å². The monoisotopic (exact) mass is 260 g/mol. The lowest BCUT2D eigenvalue weighted by Crippen LogP contribution is -1.94. The van der Waals surface area contributed by atoms with Gasteiger partial charge in [0.2, 0.25) is 0 Å². The van der Waals surface area contributed by atoms with Gasteiger partial charge in [-0.15, -0.1) is 6.58 Å². The van der Waals surface area contributed by atoms with Crippen molar-refractivity contribution in [1.29, 1.82) is 0 Å². The molecule has 4 heteroatoms. The molecule has 2 rings (SSSR count). The molecule has 0 N–H and O–H groups in total. The minimum Gasteiger partial charge on any atom is -0.236 e. The SMILES string of the molecule is C=CCCCc1cnc(-c2ccc(F)c(F)c2)nc1. The van der Waals surface area contributed by atoms with Crippen molar-refractivity contribution in [3.63, 3.8) is 0 Å². The Morgan fingerprint density at radius 2 is 1.84 bits per heavy atom. The minimum atomic E-state index is -0.892. The highest BCUT2D eigenvalue weighted by molar-refractivity contribution is 5.54. The number of rotatable bonds is 5. The van der Waals surface area contributed by atoms with Crippen molar-refractivity contribution in [1.82, 2.24) is 9.97 Å². The molecule has 0 aliphatic carbocycles. The van der Waals surface area contributed by atoms with Gasteiger partial charge in [-0.3, -0.25) is 0 Å². The Hall–Kier alpha value is -2.10. The summed E-state index contributed by atoms with van der Waals surface area (Å²) >= 11 is 0. The summed E-state index contributed by atoms with van der Waals surface area (Å²) in [6.07, 6.45) is 8.13. The fraction of sp³-hybridized carbons (Fsp3) is 0.200. The predicted octanol–water partition coefficient (Wildman–Crippen LogP) is 3.93. The van der Waals surface area contributed by atoms with Gasteiger partial charge < -0.3 is 0 Å². The zero-order valence-electron chi connectivity index (χ0n) is 10.4. The molecule has 0 saturated carbocycles. The third-order valence-electron chi connectivity index (χ3n) is 2.76. The maximum absolute atomic E-state index is 13.1. The molecule has 2 aromatic rings. The predicted molar refractivity (Wildman–Crippen MR) is 70.5 cm³/mol. The second-order valence-electron chi connectivity index (χ2n) is 4.22. The second kappa shape index (κ2) is 6.18. The molecule has 98 valence electrons. The molecular weight excluding hydrogens is 246 g/mol. The maximum Gasteiger partial charge on any atom is 0.159 e. The third kappa shape index (κ3) is 3.44. The summed E-state index contributed by atoms with van der Waals surface area (Å²) in [7, 11) is 0. The van der Waals surface area contributed by atoms with E-state index in [0.29, 0.717) is 11.4 Å². The number of aromatic nitrogens is 2. The molecule has 0 saturated heterocycles. The molecule has 0 radical (unpaired) electrons. The van der Waals surface area contributed by atoms with Gasteiger partial charge in [0.1, 0.15) is 0 Å². The highest BCUT2D eigenvalue weighted by atomic mass is 19.2. The van der Waals surface area contributed by atoms with Crippen molar-refractivity contribution in [2.45, 2.75) is 19.3 Å². The Labute approximate surface area is 110 Å². The standard InChI is InChI=1S/C15H14F2N2/c1-2-3-4-5-11-9-18-15(19-10-11)12-6-7-13(16)14(17)8-12/h2,6-10H,1,3-5H2. The van der Waals surface area contributed by atoms with Gasteiger partial charge in [0.25, 0.3) is 0 Å². The molecule has 0 bridgehead atoms. The lowest BCUT2D eigenvalue weighted by atomic mass is 10.1. The number of hydrogen-bond acceptors (Lipinski definition) is 2. The van der Waals surface area contributed by atoms with Crippen LogP contribution in [0.3, 0.4) is 0 Å². The Bertz CT molecular complexity index is 565. The molecule has 1 heterocycles. The minimum absolute atomic E-state index is 0.395.